The highest BCUT2D eigenvalue weighted by atomic mass is 35.5. The maximum atomic E-state index is 13.7. The highest BCUT2D eigenvalue weighted by molar-refractivity contribution is 8.00. The summed E-state index contributed by atoms with van der Waals surface area (Å²) in [5.41, 5.74) is 2.91. The minimum absolute atomic E-state index is 0.0744. The lowest BCUT2D eigenvalue weighted by Gasteiger charge is -2.18. The summed E-state index contributed by atoms with van der Waals surface area (Å²) in [7, 11) is 0. The van der Waals surface area contributed by atoms with Crippen molar-refractivity contribution in [3.63, 3.8) is 0 Å². The highest BCUT2D eigenvalue weighted by Gasteiger charge is 2.23. The number of halogens is 2. The van der Waals surface area contributed by atoms with Gasteiger partial charge in [-0.05, 0) is 82.6 Å². The van der Waals surface area contributed by atoms with Gasteiger partial charge in [0.2, 0.25) is 5.91 Å². The maximum Gasteiger partial charge on any atom is 0.272 e. The van der Waals surface area contributed by atoms with Gasteiger partial charge in [-0.3, -0.25) is 14.4 Å². The minimum atomic E-state index is -0.645. The van der Waals surface area contributed by atoms with Gasteiger partial charge in [-0.25, -0.2) is 4.39 Å². The third-order valence-corrected chi connectivity index (χ3v) is 9.10. The number of thioether (sulfide) groups is 1. The number of amides is 3. The summed E-state index contributed by atoms with van der Waals surface area (Å²) in [5, 5.41) is 9.72. The molecule has 0 bridgehead atoms. The summed E-state index contributed by atoms with van der Waals surface area (Å²) in [6.07, 6.45) is 1.67. The predicted octanol–water partition coefficient (Wildman–Crippen LogP) is 9.51. The molecule has 6 aromatic rings. The average Bonchev–Trinajstić information content (AvgIpc) is 3.13. The number of benzene rings is 6. The summed E-state index contributed by atoms with van der Waals surface area (Å²) in [4.78, 5) is 41.1. The predicted molar refractivity (Wildman–Crippen MR) is 196 cm³/mol. The Balaban J connectivity index is 1.22. The third-order valence-electron chi connectivity index (χ3n) is 7.55. The van der Waals surface area contributed by atoms with Crippen molar-refractivity contribution in [2.45, 2.75) is 10.1 Å². The Hall–Kier alpha value is -5.70. The van der Waals surface area contributed by atoms with Crippen molar-refractivity contribution in [1.29, 1.82) is 0 Å². The first-order chi connectivity index (χ1) is 23.8. The molecule has 0 fully saturated rings. The standard InChI is InChI=1S/C40H29ClFN3O3S/c41-34-25-31(20-23-35(34)42)44-40(48)37(27-11-3-1-4-12-27)49-32-21-18-30(19-22-32)43-39(47)36(45-38(46)28-13-5-2-6-14-28)24-29-16-9-15-26-10-7-8-17-33(26)29/h1-25,37H,(H,43,47)(H,44,48)(H,45,46)/b36-24-. The molecule has 49 heavy (non-hydrogen) atoms. The molecule has 0 heterocycles. The number of hydrogen-bond donors (Lipinski definition) is 3. The van der Waals surface area contributed by atoms with Crippen LogP contribution < -0.4 is 16.0 Å². The molecule has 3 amide bonds. The Bertz CT molecular complexity index is 2150. The van der Waals surface area contributed by atoms with Crippen LogP contribution in [-0.4, -0.2) is 17.7 Å². The van der Waals surface area contributed by atoms with Gasteiger partial charge in [0.05, 0.1) is 5.02 Å². The summed E-state index contributed by atoms with van der Waals surface area (Å²) in [6.45, 7) is 0. The zero-order chi connectivity index (χ0) is 34.2. The Morgan fingerprint density at radius 2 is 1.35 bits per heavy atom. The van der Waals surface area contributed by atoms with Crippen LogP contribution in [0.3, 0.4) is 0 Å². The molecule has 0 aliphatic heterocycles. The van der Waals surface area contributed by atoms with Crippen LogP contribution in [0.4, 0.5) is 15.8 Å². The van der Waals surface area contributed by atoms with Gasteiger partial charge in [0.15, 0.2) is 0 Å². The zero-order valence-electron chi connectivity index (χ0n) is 25.9. The molecule has 6 nitrogen and oxygen atoms in total. The molecule has 3 N–H and O–H groups in total. The van der Waals surface area contributed by atoms with Crippen LogP contribution in [0.15, 0.2) is 156 Å². The van der Waals surface area contributed by atoms with Crippen molar-refractivity contribution in [2.24, 2.45) is 0 Å². The SMILES string of the molecule is O=C(Nc1ccc(SC(C(=O)Nc2ccc(F)c(Cl)c2)c2ccccc2)cc1)/C(=C/c1cccc2ccccc12)NC(=O)c1ccccc1. The van der Waals surface area contributed by atoms with E-state index in [1.54, 1.807) is 54.6 Å². The van der Waals surface area contributed by atoms with Gasteiger partial charge in [0.25, 0.3) is 11.8 Å². The number of fused-ring (bicyclic) bond motifs is 1. The fourth-order valence-corrected chi connectivity index (χ4v) is 6.31. The normalized spacial score (nSPS) is 11.8. The Morgan fingerprint density at radius 3 is 2.08 bits per heavy atom. The molecule has 6 aromatic carbocycles. The fraction of sp³-hybridized carbons (Fsp3) is 0.0250. The van der Waals surface area contributed by atoms with Crippen LogP contribution in [0, 0.1) is 5.82 Å². The van der Waals surface area contributed by atoms with Crippen LogP contribution in [0.25, 0.3) is 16.8 Å². The molecule has 1 unspecified atom stereocenters. The first-order valence-electron chi connectivity index (χ1n) is 15.3. The smallest absolute Gasteiger partial charge is 0.272 e. The number of nitrogens with one attached hydrogen (secondary N) is 3. The molecule has 242 valence electrons. The number of carbonyl (C=O) groups is 3. The quantitative estimate of drug-likeness (QED) is 0.0990. The van der Waals surface area contributed by atoms with Crippen molar-refractivity contribution in [1.82, 2.24) is 5.32 Å². The fourth-order valence-electron chi connectivity index (χ4n) is 5.11. The van der Waals surface area contributed by atoms with E-state index >= 15 is 0 Å². The molecular formula is C40H29ClFN3O3S. The van der Waals surface area contributed by atoms with E-state index < -0.39 is 22.9 Å². The van der Waals surface area contributed by atoms with E-state index in [-0.39, 0.29) is 16.6 Å². The van der Waals surface area contributed by atoms with Gasteiger partial charge in [0.1, 0.15) is 16.8 Å². The largest absolute Gasteiger partial charge is 0.325 e. The van der Waals surface area contributed by atoms with Crippen LogP contribution in [0.1, 0.15) is 26.7 Å². The second-order valence-corrected chi connectivity index (χ2v) is 12.5. The van der Waals surface area contributed by atoms with Gasteiger partial charge < -0.3 is 16.0 Å². The Kier molecular flexibility index (Phi) is 10.5. The molecule has 0 aromatic heterocycles. The number of anilines is 2. The minimum Gasteiger partial charge on any atom is -0.325 e. The van der Waals surface area contributed by atoms with Gasteiger partial charge >= 0.3 is 0 Å². The van der Waals surface area contributed by atoms with Crippen molar-refractivity contribution in [3.8, 4) is 0 Å². The lowest BCUT2D eigenvalue weighted by molar-refractivity contribution is -0.116. The van der Waals surface area contributed by atoms with E-state index in [9.17, 15) is 18.8 Å². The third kappa shape index (κ3) is 8.43. The van der Waals surface area contributed by atoms with Crippen LogP contribution in [0.5, 0.6) is 0 Å². The van der Waals surface area contributed by atoms with Gasteiger partial charge in [-0.15, -0.1) is 11.8 Å². The van der Waals surface area contributed by atoms with E-state index in [0.29, 0.717) is 16.9 Å². The monoisotopic (exact) mass is 685 g/mol. The van der Waals surface area contributed by atoms with Crippen molar-refractivity contribution >= 4 is 69.3 Å². The molecule has 0 radical (unpaired) electrons. The van der Waals surface area contributed by atoms with Crippen molar-refractivity contribution in [3.05, 3.63) is 179 Å². The first-order valence-corrected chi connectivity index (χ1v) is 16.5. The second-order valence-electron chi connectivity index (χ2n) is 11.0. The number of rotatable bonds is 10. The van der Waals surface area contributed by atoms with Crippen LogP contribution >= 0.6 is 23.4 Å². The molecular weight excluding hydrogens is 657 g/mol. The van der Waals surface area contributed by atoms with E-state index in [0.717, 1.165) is 26.8 Å². The van der Waals surface area contributed by atoms with Gasteiger partial charge in [-0.2, -0.15) is 0 Å². The molecule has 0 saturated heterocycles. The first kappa shape index (κ1) is 33.2. The van der Waals surface area contributed by atoms with E-state index in [1.807, 2.05) is 78.9 Å². The Morgan fingerprint density at radius 1 is 0.694 bits per heavy atom. The number of carbonyl (C=O) groups excluding carboxylic acids is 3. The molecule has 0 saturated carbocycles. The van der Waals surface area contributed by atoms with E-state index in [2.05, 4.69) is 16.0 Å². The van der Waals surface area contributed by atoms with Crippen LogP contribution in [-0.2, 0) is 9.59 Å². The highest BCUT2D eigenvalue weighted by Crippen LogP contribution is 2.37. The molecule has 0 aliphatic carbocycles. The van der Waals surface area contributed by atoms with E-state index in [1.165, 1.54) is 30.0 Å². The molecule has 9 heteroatoms. The van der Waals surface area contributed by atoms with Gasteiger partial charge in [-0.1, -0.05) is 103 Å². The second kappa shape index (κ2) is 15.5. The summed E-state index contributed by atoms with van der Waals surface area (Å²) in [5.74, 6) is -1.80. The Labute approximate surface area is 292 Å². The maximum absolute atomic E-state index is 13.7. The molecule has 0 aliphatic rings. The van der Waals surface area contributed by atoms with Crippen LogP contribution in [0.2, 0.25) is 5.02 Å². The van der Waals surface area contributed by atoms with Crippen molar-refractivity contribution < 1.29 is 18.8 Å². The summed E-state index contributed by atoms with van der Waals surface area (Å²) < 4.78 is 13.7. The molecule has 6 rings (SSSR count). The lowest BCUT2D eigenvalue weighted by Crippen LogP contribution is -2.30. The number of hydrogen-bond acceptors (Lipinski definition) is 4. The average molecular weight is 686 g/mol. The zero-order valence-corrected chi connectivity index (χ0v) is 27.5. The topological polar surface area (TPSA) is 87.3 Å². The summed E-state index contributed by atoms with van der Waals surface area (Å²) >= 11 is 7.24. The summed E-state index contributed by atoms with van der Waals surface area (Å²) in [6, 6.07) is 42.6. The lowest BCUT2D eigenvalue weighted by atomic mass is 10.0. The molecule has 1 atom stereocenters. The van der Waals surface area contributed by atoms with Gasteiger partial charge in [0, 0.05) is 21.8 Å². The van der Waals surface area contributed by atoms with Crippen molar-refractivity contribution in [2.75, 3.05) is 10.6 Å². The van der Waals surface area contributed by atoms with E-state index in [4.69, 9.17) is 11.6 Å². The molecule has 0 spiro atoms.